The summed E-state index contributed by atoms with van der Waals surface area (Å²) in [5.74, 6) is -0.157. The van der Waals surface area contributed by atoms with Gasteiger partial charge in [0.25, 0.3) is 0 Å². The first-order valence-corrected chi connectivity index (χ1v) is 13.0. The number of aliphatic hydroxyl groups excluding tert-OH is 1. The maximum atomic E-state index is 11.7. The summed E-state index contributed by atoms with van der Waals surface area (Å²) in [5, 5.41) is 12.0. The molecule has 1 atom stereocenters. The summed E-state index contributed by atoms with van der Waals surface area (Å²) in [6.07, 6.45) is 18.4. The number of aliphatic hydroxyl groups is 1. The number of phosphoric ester groups is 1. The third-order valence-corrected chi connectivity index (χ3v) is 5.46. The van der Waals surface area contributed by atoms with Gasteiger partial charge in [0, 0.05) is 13.0 Å². The second kappa shape index (κ2) is 19.5. The van der Waals surface area contributed by atoms with Crippen LogP contribution < -0.4 is 5.32 Å². The van der Waals surface area contributed by atoms with Crippen molar-refractivity contribution in [1.82, 2.24) is 5.32 Å². The van der Waals surface area contributed by atoms with Gasteiger partial charge >= 0.3 is 7.82 Å². The summed E-state index contributed by atoms with van der Waals surface area (Å²) >= 11 is 0. The van der Waals surface area contributed by atoms with Crippen LogP contribution in [0.2, 0.25) is 0 Å². The van der Waals surface area contributed by atoms with E-state index in [1.165, 1.54) is 77.0 Å². The van der Waals surface area contributed by atoms with Crippen molar-refractivity contribution in [3.63, 3.8) is 0 Å². The molecule has 0 spiro atoms. The minimum Gasteiger partial charge on any atom is -0.389 e. The molecule has 0 aliphatic heterocycles. The van der Waals surface area contributed by atoms with Gasteiger partial charge in [-0.2, -0.15) is 0 Å². The van der Waals surface area contributed by atoms with Crippen LogP contribution in [-0.4, -0.2) is 40.1 Å². The highest BCUT2D eigenvalue weighted by Gasteiger charge is 2.17. The molecule has 1 unspecified atom stereocenters. The van der Waals surface area contributed by atoms with Crippen molar-refractivity contribution in [3.05, 3.63) is 0 Å². The highest BCUT2D eigenvalue weighted by atomic mass is 31.2. The van der Waals surface area contributed by atoms with Gasteiger partial charge < -0.3 is 20.2 Å². The van der Waals surface area contributed by atoms with Crippen molar-refractivity contribution in [3.8, 4) is 0 Å². The minimum absolute atomic E-state index is 0.0719. The van der Waals surface area contributed by atoms with Crippen LogP contribution in [0.25, 0.3) is 0 Å². The van der Waals surface area contributed by atoms with E-state index in [0.29, 0.717) is 6.42 Å². The molecule has 0 saturated carbocycles. The molecule has 0 saturated heterocycles. The zero-order valence-electron chi connectivity index (χ0n) is 18.3. The fourth-order valence-corrected chi connectivity index (χ4v) is 3.59. The van der Waals surface area contributed by atoms with Crippen LogP contribution in [0.3, 0.4) is 0 Å². The van der Waals surface area contributed by atoms with E-state index in [1.807, 2.05) is 0 Å². The van der Waals surface area contributed by atoms with Crippen molar-refractivity contribution in [1.29, 1.82) is 0 Å². The molecule has 0 bridgehead atoms. The molecular weight excluding hydrogens is 393 g/mol. The van der Waals surface area contributed by atoms with E-state index in [9.17, 15) is 14.5 Å². The Hall–Kier alpha value is -0.460. The average molecular weight is 438 g/mol. The van der Waals surface area contributed by atoms with Crippen molar-refractivity contribution in [2.45, 2.75) is 116 Å². The summed E-state index contributed by atoms with van der Waals surface area (Å²) in [4.78, 5) is 28.7. The van der Waals surface area contributed by atoms with Crippen LogP contribution >= 0.6 is 7.82 Å². The van der Waals surface area contributed by atoms with E-state index in [-0.39, 0.29) is 12.5 Å². The summed E-state index contributed by atoms with van der Waals surface area (Å²) in [6, 6.07) is 0. The van der Waals surface area contributed by atoms with Gasteiger partial charge in [-0.25, -0.2) is 4.57 Å². The van der Waals surface area contributed by atoms with Gasteiger partial charge in [0.1, 0.15) is 0 Å². The molecular formula is C21H44NO6P. The Morgan fingerprint density at radius 2 is 1.24 bits per heavy atom. The van der Waals surface area contributed by atoms with Gasteiger partial charge in [-0.15, -0.1) is 0 Å². The molecule has 0 radical (unpaired) electrons. The topological polar surface area (TPSA) is 116 Å². The molecule has 7 nitrogen and oxygen atoms in total. The van der Waals surface area contributed by atoms with Crippen LogP contribution in [0.15, 0.2) is 0 Å². The predicted octanol–water partition coefficient (Wildman–Crippen LogP) is 4.83. The number of carbonyl (C=O) groups is 1. The molecule has 174 valence electrons. The van der Waals surface area contributed by atoms with Gasteiger partial charge in [-0.1, -0.05) is 96.8 Å². The lowest BCUT2D eigenvalue weighted by molar-refractivity contribution is -0.121. The van der Waals surface area contributed by atoms with Crippen molar-refractivity contribution in [2.24, 2.45) is 0 Å². The van der Waals surface area contributed by atoms with Crippen LogP contribution in [-0.2, 0) is 13.9 Å². The van der Waals surface area contributed by atoms with E-state index in [2.05, 4.69) is 16.8 Å². The largest absolute Gasteiger partial charge is 0.469 e. The van der Waals surface area contributed by atoms with Crippen LogP contribution in [0.1, 0.15) is 110 Å². The molecule has 1 amide bonds. The number of amides is 1. The Morgan fingerprint density at radius 1 is 0.828 bits per heavy atom. The zero-order valence-corrected chi connectivity index (χ0v) is 19.2. The first-order chi connectivity index (χ1) is 13.8. The first-order valence-electron chi connectivity index (χ1n) is 11.5. The lowest BCUT2D eigenvalue weighted by Gasteiger charge is -2.12. The monoisotopic (exact) mass is 437 g/mol. The summed E-state index contributed by atoms with van der Waals surface area (Å²) in [7, 11) is -4.59. The van der Waals surface area contributed by atoms with Crippen LogP contribution in [0, 0.1) is 0 Å². The van der Waals surface area contributed by atoms with Crippen molar-refractivity contribution in [2.75, 3.05) is 13.2 Å². The number of rotatable bonds is 21. The van der Waals surface area contributed by atoms with E-state index < -0.39 is 20.5 Å². The highest BCUT2D eigenvalue weighted by Crippen LogP contribution is 2.35. The first kappa shape index (κ1) is 28.5. The Kier molecular flexibility index (Phi) is 19.2. The standard InChI is InChI=1S/C21H44NO6P/c1-2-3-4-5-6-7-8-9-10-11-12-13-14-15-16-17-21(24)22-18-20(23)19-28-29(25,26)27/h20,23H,2-19H2,1H3,(H,22,24)(H2,25,26,27). The van der Waals surface area contributed by atoms with Gasteiger partial charge in [0.15, 0.2) is 0 Å². The molecule has 0 aromatic carbocycles. The molecule has 0 aromatic heterocycles. The second-order valence-corrected chi connectivity index (χ2v) is 9.18. The molecule has 29 heavy (non-hydrogen) atoms. The second-order valence-electron chi connectivity index (χ2n) is 7.94. The molecule has 0 aliphatic rings. The van der Waals surface area contributed by atoms with E-state index in [0.717, 1.165) is 19.3 Å². The maximum absolute atomic E-state index is 11.7. The molecule has 0 aliphatic carbocycles. The van der Waals surface area contributed by atoms with Gasteiger partial charge in [0.05, 0.1) is 12.7 Å². The van der Waals surface area contributed by atoms with E-state index >= 15 is 0 Å². The van der Waals surface area contributed by atoms with Gasteiger partial charge in [-0.3, -0.25) is 9.32 Å². The van der Waals surface area contributed by atoms with Crippen LogP contribution in [0.5, 0.6) is 0 Å². The lowest BCUT2D eigenvalue weighted by atomic mass is 10.0. The average Bonchev–Trinajstić information content (AvgIpc) is 2.67. The SMILES string of the molecule is CCCCCCCCCCCCCCCCCC(=O)NCC(O)COP(=O)(O)O. The number of hydrogen-bond acceptors (Lipinski definition) is 4. The van der Waals surface area contributed by atoms with E-state index in [4.69, 9.17) is 9.79 Å². The smallest absolute Gasteiger partial charge is 0.389 e. The fourth-order valence-electron chi connectivity index (χ4n) is 3.22. The zero-order chi connectivity index (χ0) is 21.8. The number of phosphoric acid groups is 1. The summed E-state index contributed by atoms with van der Waals surface area (Å²) < 4.78 is 14.7. The van der Waals surface area contributed by atoms with Crippen molar-refractivity contribution < 1.29 is 28.8 Å². The Bertz CT molecular complexity index is 429. The number of carbonyl (C=O) groups excluding carboxylic acids is 1. The van der Waals surface area contributed by atoms with Crippen LogP contribution in [0.4, 0.5) is 0 Å². The quantitative estimate of drug-likeness (QED) is 0.151. The van der Waals surface area contributed by atoms with Gasteiger partial charge in [0.2, 0.25) is 5.91 Å². The summed E-state index contributed by atoms with van der Waals surface area (Å²) in [5.41, 5.74) is 0. The number of unbranched alkanes of at least 4 members (excludes halogenated alkanes) is 14. The lowest BCUT2D eigenvalue weighted by Crippen LogP contribution is -2.34. The molecule has 0 aromatic rings. The molecule has 0 heterocycles. The highest BCUT2D eigenvalue weighted by molar-refractivity contribution is 7.46. The Balaban J connectivity index is 3.29. The Labute approximate surface area is 177 Å². The van der Waals surface area contributed by atoms with E-state index in [1.54, 1.807) is 0 Å². The normalized spacial score (nSPS) is 12.8. The van der Waals surface area contributed by atoms with Gasteiger partial charge in [-0.05, 0) is 6.42 Å². The molecule has 4 N–H and O–H groups in total. The number of hydrogen-bond donors (Lipinski definition) is 4. The molecule has 0 rings (SSSR count). The minimum atomic E-state index is -4.59. The third kappa shape index (κ3) is 23.7. The Morgan fingerprint density at radius 3 is 1.66 bits per heavy atom. The maximum Gasteiger partial charge on any atom is 0.469 e. The van der Waals surface area contributed by atoms with Crippen molar-refractivity contribution >= 4 is 13.7 Å². The third-order valence-electron chi connectivity index (χ3n) is 4.98. The molecule has 8 heteroatoms. The predicted molar refractivity (Wildman–Crippen MR) is 117 cm³/mol. The fraction of sp³-hybridized carbons (Fsp3) is 0.952. The summed E-state index contributed by atoms with van der Waals surface area (Å²) in [6.45, 7) is 1.67. The number of nitrogens with one attached hydrogen (secondary N) is 1. The molecule has 0 fully saturated rings.